The molecule has 10 nitrogen and oxygen atoms in total. The number of hydrogen-bond acceptors (Lipinski definition) is 10. The largest absolute Gasteiger partial charge is 0.496 e. The SMILES string of the molecule is CC(C(=O)c1ccccc1)N1CCOCC1.COc1cccc(OC)c1C(=O)P(=O)(CC(C)CC(C)(C)C)C(=O)c1c(OC)cccc1OC. The highest BCUT2D eigenvalue weighted by molar-refractivity contribution is 7.95. The highest BCUT2D eigenvalue weighted by atomic mass is 31.2. The third kappa shape index (κ3) is 10.1. The van der Waals surface area contributed by atoms with Gasteiger partial charge in [0.2, 0.25) is 18.2 Å². The van der Waals surface area contributed by atoms with Crippen molar-refractivity contribution in [3.8, 4) is 23.0 Å². The van der Waals surface area contributed by atoms with Crippen LogP contribution >= 0.6 is 7.14 Å². The highest BCUT2D eigenvalue weighted by Gasteiger charge is 2.46. The van der Waals surface area contributed by atoms with Crippen molar-refractivity contribution in [2.24, 2.45) is 11.3 Å². The first-order valence-electron chi connectivity index (χ1n) is 16.7. The van der Waals surface area contributed by atoms with Crippen LogP contribution < -0.4 is 18.9 Å². The number of benzene rings is 3. The molecule has 2 atom stereocenters. The van der Waals surface area contributed by atoms with Crippen LogP contribution in [0.4, 0.5) is 0 Å². The number of rotatable bonds is 14. The Morgan fingerprint density at radius 1 is 0.720 bits per heavy atom. The van der Waals surface area contributed by atoms with Gasteiger partial charge in [0, 0.05) is 24.8 Å². The van der Waals surface area contributed by atoms with Gasteiger partial charge in [0.15, 0.2) is 5.78 Å². The average molecular weight is 710 g/mol. The Bertz CT molecular complexity index is 1530. The maximum Gasteiger partial charge on any atom is 0.236 e. The summed E-state index contributed by atoms with van der Waals surface area (Å²) in [5.74, 6) is 0.768. The second-order valence-corrected chi connectivity index (χ2v) is 16.2. The Hall–Kier alpha value is -3.98. The van der Waals surface area contributed by atoms with Crippen LogP contribution in [0.15, 0.2) is 66.7 Å². The molecule has 0 spiro atoms. The minimum Gasteiger partial charge on any atom is -0.496 e. The molecule has 4 rings (SSSR count). The van der Waals surface area contributed by atoms with E-state index in [1.165, 1.54) is 28.4 Å². The van der Waals surface area contributed by atoms with Gasteiger partial charge in [-0.15, -0.1) is 0 Å². The van der Waals surface area contributed by atoms with Crippen LogP contribution in [0.5, 0.6) is 23.0 Å². The van der Waals surface area contributed by atoms with E-state index in [9.17, 15) is 18.9 Å². The average Bonchev–Trinajstić information content (AvgIpc) is 3.12. The van der Waals surface area contributed by atoms with Gasteiger partial charge < -0.3 is 28.2 Å². The van der Waals surface area contributed by atoms with Gasteiger partial charge in [-0.05, 0) is 48.9 Å². The summed E-state index contributed by atoms with van der Waals surface area (Å²) in [5.41, 5.74) is -0.926. The summed E-state index contributed by atoms with van der Waals surface area (Å²) in [6.45, 7) is 13.2. The number of methoxy groups -OCH3 is 4. The summed E-state index contributed by atoms with van der Waals surface area (Å²) in [4.78, 5) is 42.4. The summed E-state index contributed by atoms with van der Waals surface area (Å²) in [6, 6.07) is 19.1. The molecule has 1 saturated heterocycles. The summed E-state index contributed by atoms with van der Waals surface area (Å²) >= 11 is 0. The fraction of sp³-hybridized carbons (Fsp3) is 0.462. The van der Waals surface area contributed by atoms with Crippen molar-refractivity contribution in [1.82, 2.24) is 4.90 Å². The van der Waals surface area contributed by atoms with Crippen LogP contribution in [-0.2, 0) is 9.30 Å². The number of carbonyl (C=O) groups is 3. The zero-order chi connectivity index (χ0) is 37.1. The second kappa shape index (κ2) is 18.3. The lowest BCUT2D eigenvalue weighted by atomic mass is 9.86. The maximum absolute atomic E-state index is 14.7. The molecule has 1 heterocycles. The van der Waals surface area contributed by atoms with Crippen LogP contribution in [0, 0.1) is 11.3 Å². The fourth-order valence-corrected chi connectivity index (χ4v) is 8.95. The van der Waals surface area contributed by atoms with Gasteiger partial charge in [-0.2, -0.15) is 0 Å². The summed E-state index contributed by atoms with van der Waals surface area (Å²) in [5, 5.41) is 0. The Morgan fingerprint density at radius 3 is 1.52 bits per heavy atom. The lowest BCUT2D eigenvalue weighted by Crippen LogP contribution is -2.45. The predicted molar refractivity (Wildman–Crippen MR) is 196 cm³/mol. The minimum absolute atomic E-state index is 0.0130. The Labute approximate surface area is 296 Å². The van der Waals surface area contributed by atoms with Gasteiger partial charge >= 0.3 is 0 Å². The summed E-state index contributed by atoms with van der Waals surface area (Å²) in [6.07, 6.45) is 0.564. The topological polar surface area (TPSA) is 118 Å². The van der Waals surface area contributed by atoms with Gasteiger partial charge in [0.1, 0.15) is 34.1 Å². The minimum atomic E-state index is -4.25. The predicted octanol–water partition coefficient (Wildman–Crippen LogP) is 7.73. The normalized spacial score (nSPS) is 14.7. The Balaban J connectivity index is 0.000000349. The van der Waals surface area contributed by atoms with Gasteiger partial charge in [0.25, 0.3) is 0 Å². The van der Waals surface area contributed by atoms with E-state index < -0.39 is 18.2 Å². The Morgan fingerprint density at radius 2 is 1.14 bits per heavy atom. The fourth-order valence-electron chi connectivity index (χ4n) is 6.27. The number of carbonyl (C=O) groups excluding carboxylic acids is 3. The summed E-state index contributed by atoms with van der Waals surface area (Å²) in [7, 11) is 1.38. The van der Waals surface area contributed by atoms with Crippen LogP contribution in [0.2, 0.25) is 0 Å². The van der Waals surface area contributed by atoms with Crippen molar-refractivity contribution in [2.75, 3.05) is 60.9 Å². The van der Waals surface area contributed by atoms with E-state index >= 15 is 0 Å². The first kappa shape index (κ1) is 40.4. The van der Waals surface area contributed by atoms with Crippen LogP contribution in [-0.4, -0.2) is 88.7 Å². The van der Waals surface area contributed by atoms with Gasteiger partial charge in [-0.3, -0.25) is 19.3 Å². The van der Waals surface area contributed by atoms with Gasteiger partial charge in [-0.25, -0.2) is 0 Å². The molecule has 0 aliphatic carbocycles. The van der Waals surface area contributed by atoms with Crippen molar-refractivity contribution in [3.05, 3.63) is 83.4 Å². The highest BCUT2D eigenvalue weighted by Crippen LogP contribution is 2.58. The molecule has 3 aromatic rings. The molecule has 0 bridgehead atoms. The van der Waals surface area contributed by atoms with Crippen molar-refractivity contribution >= 4 is 24.0 Å². The van der Waals surface area contributed by atoms with Gasteiger partial charge in [-0.1, -0.05) is 70.2 Å². The molecule has 3 aromatic carbocycles. The first-order chi connectivity index (χ1) is 23.7. The van der Waals surface area contributed by atoms with Crippen molar-refractivity contribution in [2.45, 2.75) is 47.1 Å². The zero-order valence-corrected chi connectivity index (χ0v) is 31.7. The molecule has 11 heteroatoms. The number of hydrogen-bond donors (Lipinski definition) is 0. The maximum atomic E-state index is 14.7. The molecule has 1 fully saturated rings. The molecule has 0 amide bonds. The van der Waals surface area contributed by atoms with Crippen molar-refractivity contribution in [3.63, 3.8) is 0 Å². The number of morpholine rings is 1. The number of Topliss-reactive ketones (excluding diaryl/α,β-unsaturated/α-hetero) is 1. The van der Waals surface area contributed by atoms with Crippen LogP contribution in [0.1, 0.15) is 72.1 Å². The van der Waals surface area contributed by atoms with Crippen molar-refractivity contribution in [1.29, 1.82) is 0 Å². The number of ether oxygens (including phenoxy) is 5. The van der Waals surface area contributed by atoms with E-state index in [2.05, 4.69) is 25.7 Å². The number of nitrogens with zero attached hydrogens (tertiary/aromatic N) is 1. The molecular weight excluding hydrogens is 657 g/mol. The number of ketones is 1. The Kier molecular flexibility index (Phi) is 14.8. The molecule has 272 valence electrons. The molecule has 0 saturated carbocycles. The first-order valence-corrected chi connectivity index (χ1v) is 18.6. The lowest BCUT2D eigenvalue weighted by Gasteiger charge is -2.31. The van der Waals surface area contributed by atoms with Crippen LogP contribution in [0.3, 0.4) is 0 Å². The standard InChI is InChI=1S/C26H35O7P.C13H17NO2/c1-17(15-26(2,3)4)16-34(29,24(27)22-18(30-5)11-9-12-19(22)31-6)25(28)23-20(32-7)13-10-14-21(23)33-8;1-11(14-7-9-16-10-8-14)13(15)12-5-3-2-4-6-12/h9-14,17H,15-16H2,1-8H3;2-6,11H,7-10H2,1H3. The van der Waals surface area contributed by atoms with E-state index in [4.69, 9.17) is 23.7 Å². The third-order valence-electron chi connectivity index (χ3n) is 8.50. The molecule has 1 aliphatic heterocycles. The van der Waals surface area contributed by atoms with Gasteiger partial charge in [0.05, 0.1) is 47.7 Å². The molecule has 1 aliphatic rings. The molecular formula is C39H52NO9P. The monoisotopic (exact) mass is 709 g/mol. The lowest BCUT2D eigenvalue weighted by molar-refractivity contribution is 0.0208. The molecule has 0 N–H and O–H groups in total. The second-order valence-electron chi connectivity index (χ2n) is 13.5. The van der Waals surface area contributed by atoms with Crippen molar-refractivity contribution < 1.29 is 42.6 Å². The zero-order valence-electron chi connectivity index (χ0n) is 30.8. The van der Waals surface area contributed by atoms with E-state index in [1.54, 1.807) is 36.4 Å². The molecule has 0 aromatic heterocycles. The third-order valence-corrected chi connectivity index (χ3v) is 11.4. The molecule has 50 heavy (non-hydrogen) atoms. The molecule has 2 unspecified atom stereocenters. The van der Waals surface area contributed by atoms with E-state index in [0.29, 0.717) is 6.42 Å². The van der Waals surface area contributed by atoms with E-state index in [1.807, 2.05) is 44.2 Å². The van der Waals surface area contributed by atoms with Crippen LogP contribution in [0.25, 0.3) is 0 Å². The smallest absolute Gasteiger partial charge is 0.236 e. The quantitative estimate of drug-likeness (QED) is 0.122. The van der Waals surface area contributed by atoms with E-state index in [0.717, 1.165) is 31.9 Å². The van der Waals surface area contributed by atoms with E-state index in [-0.39, 0.29) is 63.4 Å². The summed E-state index contributed by atoms with van der Waals surface area (Å²) < 4.78 is 41.5. The molecule has 0 radical (unpaired) electrons.